The lowest BCUT2D eigenvalue weighted by Gasteiger charge is -2.15. The number of carbonyl (C=O) groups is 2. The molecule has 15 heavy (non-hydrogen) atoms. The zero-order chi connectivity index (χ0) is 12.1. The van der Waals surface area contributed by atoms with Gasteiger partial charge in [0.05, 0.1) is 11.7 Å². The predicted octanol–water partition coefficient (Wildman–Crippen LogP) is 1.35. The van der Waals surface area contributed by atoms with Gasteiger partial charge in [-0.3, -0.25) is 9.36 Å². The Balaban J connectivity index is 4.35. The van der Waals surface area contributed by atoms with Crippen molar-refractivity contribution in [3.63, 3.8) is 0 Å². The van der Waals surface area contributed by atoms with Gasteiger partial charge >= 0.3 is 11.9 Å². The summed E-state index contributed by atoms with van der Waals surface area (Å²) in [7, 11) is 0. The number of aliphatic carboxylic acids is 2. The lowest BCUT2D eigenvalue weighted by atomic mass is 10.2. The van der Waals surface area contributed by atoms with Crippen LogP contribution >= 0.6 is 18.2 Å². The third-order valence-electron chi connectivity index (χ3n) is 1.36. The van der Waals surface area contributed by atoms with Gasteiger partial charge in [-0.2, -0.15) is 0 Å². The maximum absolute atomic E-state index is 11.2. The number of carboxylic acids is 2. The highest BCUT2D eigenvalue weighted by Crippen LogP contribution is 2.55. The van der Waals surface area contributed by atoms with E-state index in [4.69, 9.17) is 14.8 Å². The van der Waals surface area contributed by atoms with Gasteiger partial charge in [0, 0.05) is 13.1 Å². The average Bonchev–Trinajstić information content (AvgIpc) is 2.11. The Morgan fingerprint density at radius 1 is 1.47 bits per heavy atom. The number of rotatable bonds is 7. The van der Waals surface area contributed by atoms with Gasteiger partial charge in [-0.1, -0.05) is 0 Å². The Labute approximate surface area is 89.8 Å². The van der Waals surface area contributed by atoms with Gasteiger partial charge in [0.15, 0.2) is 6.10 Å². The lowest BCUT2D eigenvalue weighted by molar-refractivity contribution is -0.146. The van der Waals surface area contributed by atoms with Crippen LogP contribution in [0.5, 0.6) is 0 Å². The summed E-state index contributed by atoms with van der Waals surface area (Å²) in [5.41, 5.74) is 0. The van der Waals surface area contributed by atoms with E-state index in [1.807, 2.05) is 0 Å². The van der Waals surface area contributed by atoms with Gasteiger partial charge in [0.25, 0.3) is 6.57 Å². The average molecular weight is 258 g/mol. The van der Waals surface area contributed by atoms with Crippen molar-refractivity contribution in [1.82, 2.24) is 0 Å². The van der Waals surface area contributed by atoms with Crippen molar-refractivity contribution >= 4 is 30.2 Å². The molecule has 0 aliphatic rings. The number of hydrogen-bond acceptors (Lipinski definition) is 6. The molecule has 0 aromatic rings. The SMILES string of the molecule is CP(=O)(OC(CCC(=O)O)C(=O)O)SO. The third kappa shape index (κ3) is 6.51. The molecule has 0 saturated carbocycles. The molecule has 0 fully saturated rings. The van der Waals surface area contributed by atoms with Crippen LogP contribution in [0.15, 0.2) is 0 Å². The second kappa shape index (κ2) is 6.12. The summed E-state index contributed by atoms with van der Waals surface area (Å²) in [6.45, 7) is -2.39. The maximum atomic E-state index is 11.2. The van der Waals surface area contributed by atoms with Crippen LogP contribution < -0.4 is 0 Å². The van der Waals surface area contributed by atoms with E-state index in [0.29, 0.717) is 0 Å². The first-order valence-corrected chi connectivity index (χ1v) is 7.27. The van der Waals surface area contributed by atoms with Gasteiger partial charge in [-0.25, -0.2) is 4.79 Å². The van der Waals surface area contributed by atoms with Crippen molar-refractivity contribution in [2.75, 3.05) is 6.66 Å². The Hall–Kier alpha value is -0.560. The molecule has 3 N–H and O–H groups in total. The summed E-state index contributed by atoms with van der Waals surface area (Å²) in [6.07, 6.45) is -2.20. The van der Waals surface area contributed by atoms with Crippen molar-refractivity contribution in [3.05, 3.63) is 0 Å². The molecule has 2 unspecified atom stereocenters. The molecular formula is C6H11O7PS. The molecule has 9 heteroatoms. The molecular weight excluding hydrogens is 247 g/mol. The van der Waals surface area contributed by atoms with Crippen LogP contribution in [0.25, 0.3) is 0 Å². The van der Waals surface area contributed by atoms with Gasteiger partial charge in [-0.15, -0.1) is 0 Å². The van der Waals surface area contributed by atoms with E-state index < -0.39 is 31.0 Å². The number of hydrogen-bond donors (Lipinski definition) is 3. The van der Waals surface area contributed by atoms with E-state index in [9.17, 15) is 14.2 Å². The molecule has 2 atom stereocenters. The normalized spacial score (nSPS) is 16.7. The summed E-state index contributed by atoms with van der Waals surface area (Å²) in [5, 5.41) is 16.9. The zero-order valence-electron chi connectivity index (χ0n) is 7.82. The van der Waals surface area contributed by atoms with E-state index >= 15 is 0 Å². The largest absolute Gasteiger partial charge is 0.481 e. The van der Waals surface area contributed by atoms with Crippen LogP contribution in [0.1, 0.15) is 12.8 Å². The van der Waals surface area contributed by atoms with Crippen molar-refractivity contribution < 1.29 is 33.4 Å². The monoisotopic (exact) mass is 258 g/mol. The molecule has 0 aromatic carbocycles. The summed E-state index contributed by atoms with van der Waals surface area (Å²) < 4.78 is 24.3. The highest BCUT2D eigenvalue weighted by Gasteiger charge is 2.28. The predicted molar refractivity (Wildman–Crippen MR) is 53.1 cm³/mol. The molecule has 0 amide bonds. The van der Waals surface area contributed by atoms with E-state index in [1.165, 1.54) is 0 Å². The van der Waals surface area contributed by atoms with Crippen LogP contribution in [-0.4, -0.2) is 39.5 Å². The van der Waals surface area contributed by atoms with Crippen LogP contribution in [0.3, 0.4) is 0 Å². The topological polar surface area (TPSA) is 121 Å². The lowest BCUT2D eigenvalue weighted by Crippen LogP contribution is -2.23. The molecule has 88 valence electrons. The fourth-order valence-corrected chi connectivity index (χ4v) is 1.85. The highest BCUT2D eigenvalue weighted by molar-refractivity contribution is 8.53. The van der Waals surface area contributed by atoms with Crippen molar-refractivity contribution in [3.8, 4) is 0 Å². The van der Waals surface area contributed by atoms with E-state index in [0.717, 1.165) is 6.66 Å². The highest BCUT2D eigenvalue weighted by atomic mass is 32.7. The van der Waals surface area contributed by atoms with E-state index in [1.54, 1.807) is 0 Å². The summed E-state index contributed by atoms with van der Waals surface area (Å²) in [6, 6.07) is 0. The summed E-state index contributed by atoms with van der Waals surface area (Å²) in [5.74, 6) is -2.58. The fourth-order valence-electron chi connectivity index (χ4n) is 0.726. The molecule has 0 bridgehead atoms. The molecule has 7 nitrogen and oxygen atoms in total. The van der Waals surface area contributed by atoms with Crippen LogP contribution in [0, 0.1) is 0 Å². The van der Waals surface area contributed by atoms with Crippen LogP contribution in [0.4, 0.5) is 0 Å². The maximum Gasteiger partial charge on any atom is 0.333 e. The Morgan fingerprint density at radius 3 is 2.33 bits per heavy atom. The van der Waals surface area contributed by atoms with Gasteiger partial charge in [-0.05, 0) is 6.42 Å². The van der Waals surface area contributed by atoms with Crippen molar-refractivity contribution in [2.45, 2.75) is 18.9 Å². The van der Waals surface area contributed by atoms with Crippen LogP contribution in [-0.2, 0) is 18.7 Å². The number of carboxylic acid groups (broad SMARTS) is 2. The zero-order valence-corrected chi connectivity index (χ0v) is 9.53. The molecule has 0 rings (SSSR count). The first kappa shape index (κ1) is 14.4. The smallest absolute Gasteiger partial charge is 0.333 e. The minimum absolute atomic E-state index is 0.0703. The standard InChI is InChI=1S/C6H11O7PS/c1-14(11,15-12)13-4(6(9)10)2-3-5(7)8/h4,12H,2-3H2,1H3,(H,7,8)(H,9,10). The Kier molecular flexibility index (Phi) is 5.89. The molecule has 0 saturated heterocycles. The second-order valence-corrected chi connectivity index (χ2v) is 7.11. The first-order valence-electron chi connectivity index (χ1n) is 3.82. The van der Waals surface area contributed by atoms with Gasteiger partial charge in [0.1, 0.15) is 0 Å². The molecule has 0 spiro atoms. The Bertz CT molecular complexity index is 291. The van der Waals surface area contributed by atoms with Crippen LogP contribution in [0.2, 0.25) is 0 Å². The van der Waals surface area contributed by atoms with Gasteiger partial charge in [0.2, 0.25) is 0 Å². The molecule has 0 radical (unpaired) electrons. The summed E-state index contributed by atoms with van der Waals surface area (Å²) in [4.78, 5) is 20.8. The minimum atomic E-state index is -3.44. The molecule has 0 aliphatic heterocycles. The first-order chi connectivity index (χ1) is 6.78. The summed E-state index contributed by atoms with van der Waals surface area (Å²) >= 11 is -0.0703. The second-order valence-electron chi connectivity index (χ2n) is 2.72. The minimum Gasteiger partial charge on any atom is -0.481 e. The van der Waals surface area contributed by atoms with E-state index in [2.05, 4.69) is 4.52 Å². The molecule has 0 heterocycles. The van der Waals surface area contributed by atoms with E-state index in [-0.39, 0.29) is 18.1 Å². The van der Waals surface area contributed by atoms with Crippen molar-refractivity contribution in [1.29, 1.82) is 0 Å². The quantitative estimate of drug-likeness (QED) is 0.462. The fraction of sp³-hybridized carbons (Fsp3) is 0.667. The third-order valence-corrected chi connectivity index (χ3v) is 3.45. The Morgan fingerprint density at radius 2 is 2.00 bits per heavy atom. The van der Waals surface area contributed by atoms with Crippen molar-refractivity contribution in [2.24, 2.45) is 0 Å². The molecule has 0 aliphatic carbocycles. The molecule has 0 aromatic heterocycles. The van der Waals surface area contributed by atoms with Gasteiger partial charge < -0.3 is 19.3 Å².